The fraction of sp³-hybridized carbons (Fsp3) is 0.750. The zero-order chi connectivity index (χ0) is 21.6. The molecule has 2 unspecified atom stereocenters. The maximum Gasteiger partial charge on any atom is 0.272 e. The molecule has 2 saturated heterocycles. The normalized spacial score (nSPS) is 25.2. The summed E-state index contributed by atoms with van der Waals surface area (Å²) in [6.07, 6.45) is 0. The van der Waals surface area contributed by atoms with Crippen molar-refractivity contribution in [1.82, 2.24) is 24.1 Å². The van der Waals surface area contributed by atoms with Gasteiger partial charge in [0.2, 0.25) is 10.0 Å². The molecule has 0 aliphatic carbocycles. The van der Waals surface area contributed by atoms with Crippen LogP contribution in [-0.2, 0) is 10.0 Å². The first kappa shape index (κ1) is 22.1. The van der Waals surface area contributed by atoms with E-state index in [9.17, 15) is 13.2 Å². The van der Waals surface area contributed by atoms with Crippen molar-refractivity contribution >= 4 is 15.9 Å². The number of hydrogen-bond acceptors (Lipinski definition) is 6. The van der Waals surface area contributed by atoms with Crippen molar-refractivity contribution in [2.75, 3.05) is 52.6 Å². The molecule has 29 heavy (non-hydrogen) atoms. The third-order valence-corrected chi connectivity index (χ3v) is 7.92. The van der Waals surface area contributed by atoms with Gasteiger partial charge in [0.05, 0.1) is 5.75 Å². The lowest BCUT2D eigenvalue weighted by Gasteiger charge is -2.32. The second kappa shape index (κ2) is 7.92. The Morgan fingerprint density at radius 2 is 1.93 bits per heavy atom. The van der Waals surface area contributed by atoms with Gasteiger partial charge in [-0.15, -0.1) is 0 Å². The van der Waals surface area contributed by atoms with Gasteiger partial charge >= 0.3 is 0 Å². The van der Waals surface area contributed by atoms with Gasteiger partial charge in [0.15, 0.2) is 0 Å². The van der Waals surface area contributed by atoms with Gasteiger partial charge in [-0.1, -0.05) is 13.8 Å². The number of carbonyl (C=O) groups excluding carboxylic acids is 1. The highest BCUT2D eigenvalue weighted by Crippen LogP contribution is 2.44. The molecule has 1 aromatic rings. The molecule has 2 fully saturated rings. The predicted molar refractivity (Wildman–Crippen MR) is 112 cm³/mol. The second-order valence-electron chi connectivity index (χ2n) is 9.39. The molecule has 8 nitrogen and oxygen atoms in total. The summed E-state index contributed by atoms with van der Waals surface area (Å²) >= 11 is 0. The lowest BCUT2D eigenvalue weighted by atomic mass is 9.80. The quantitative estimate of drug-likeness (QED) is 0.679. The number of fused-ring (bicyclic) bond motifs is 1. The molecule has 0 aromatic carbocycles. The highest BCUT2D eigenvalue weighted by Gasteiger charge is 2.55. The van der Waals surface area contributed by atoms with Gasteiger partial charge < -0.3 is 9.80 Å². The largest absolute Gasteiger partial charge is 0.336 e. The van der Waals surface area contributed by atoms with Crippen LogP contribution < -0.4 is 0 Å². The Labute approximate surface area is 174 Å². The van der Waals surface area contributed by atoms with E-state index in [1.807, 2.05) is 39.8 Å². The van der Waals surface area contributed by atoms with Crippen molar-refractivity contribution < 1.29 is 13.2 Å². The third kappa shape index (κ3) is 4.62. The molecule has 2 aliphatic heterocycles. The van der Waals surface area contributed by atoms with Crippen LogP contribution in [-0.4, -0.2) is 91.0 Å². The molecule has 0 bridgehead atoms. The number of aryl methyl sites for hydroxylation is 2. The van der Waals surface area contributed by atoms with E-state index in [4.69, 9.17) is 0 Å². The van der Waals surface area contributed by atoms with Crippen LogP contribution >= 0.6 is 0 Å². The summed E-state index contributed by atoms with van der Waals surface area (Å²) in [7, 11) is 0.712. The van der Waals surface area contributed by atoms with E-state index in [0.717, 1.165) is 12.2 Å². The number of hydrogen-bond donors (Lipinski definition) is 0. The van der Waals surface area contributed by atoms with E-state index in [1.54, 1.807) is 17.3 Å². The molecule has 0 saturated carbocycles. The zero-order valence-electron chi connectivity index (χ0n) is 18.3. The lowest BCUT2D eigenvalue weighted by Crippen LogP contribution is -2.44. The molecule has 0 radical (unpaired) electrons. The maximum absolute atomic E-state index is 13.1. The van der Waals surface area contributed by atoms with Crippen LogP contribution in [0.5, 0.6) is 0 Å². The van der Waals surface area contributed by atoms with Crippen molar-refractivity contribution in [3.8, 4) is 0 Å². The standard InChI is InChI=1S/C20H33N5O3S/c1-14(2)10-29(27,28)25-9-17-8-24(12-20(17,13-25)11-23(5)6)19(26)18-7-15(3)21-16(4)22-18/h7,14,17H,8-13H2,1-6H3. The minimum atomic E-state index is -3.29. The summed E-state index contributed by atoms with van der Waals surface area (Å²) in [6, 6.07) is 1.72. The SMILES string of the molecule is Cc1cc(C(=O)N2CC3CN(S(=O)(=O)CC(C)C)CC3(CN(C)C)C2)nc(C)n1. The monoisotopic (exact) mass is 423 g/mol. The molecule has 1 amide bonds. The van der Waals surface area contributed by atoms with Gasteiger partial charge in [-0.05, 0) is 39.9 Å². The Bertz CT molecular complexity index is 866. The minimum Gasteiger partial charge on any atom is -0.336 e. The number of carbonyl (C=O) groups is 1. The molecule has 162 valence electrons. The number of rotatable bonds is 6. The first-order valence-corrected chi connectivity index (χ1v) is 11.8. The van der Waals surface area contributed by atoms with E-state index >= 15 is 0 Å². The first-order chi connectivity index (χ1) is 13.4. The molecule has 3 rings (SSSR count). The Balaban J connectivity index is 1.83. The summed E-state index contributed by atoms with van der Waals surface area (Å²) in [4.78, 5) is 25.6. The Hall–Kier alpha value is -1.58. The van der Waals surface area contributed by atoms with E-state index < -0.39 is 10.0 Å². The van der Waals surface area contributed by atoms with E-state index in [-0.39, 0.29) is 28.9 Å². The van der Waals surface area contributed by atoms with E-state index in [1.165, 1.54) is 0 Å². The maximum atomic E-state index is 13.1. The van der Waals surface area contributed by atoms with Crippen LogP contribution in [0.25, 0.3) is 0 Å². The van der Waals surface area contributed by atoms with Crippen LogP contribution in [0.4, 0.5) is 0 Å². The van der Waals surface area contributed by atoms with Crippen LogP contribution in [0.2, 0.25) is 0 Å². The molecule has 2 atom stereocenters. The average molecular weight is 424 g/mol. The van der Waals surface area contributed by atoms with Crippen LogP contribution in [0.15, 0.2) is 6.07 Å². The van der Waals surface area contributed by atoms with Gasteiger partial charge in [-0.3, -0.25) is 4.79 Å². The number of aromatic nitrogens is 2. The van der Waals surface area contributed by atoms with Crippen molar-refractivity contribution in [3.63, 3.8) is 0 Å². The molecular weight excluding hydrogens is 390 g/mol. The molecule has 2 aliphatic rings. The number of likely N-dealkylation sites (tertiary alicyclic amines) is 1. The highest BCUT2D eigenvalue weighted by molar-refractivity contribution is 7.89. The Morgan fingerprint density at radius 3 is 2.52 bits per heavy atom. The molecule has 9 heteroatoms. The Morgan fingerprint density at radius 1 is 1.24 bits per heavy atom. The first-order valence-electron chi connectivity index (χ1n) is 10.2. The number of nitrogens with zero attached hydrogens (tertiary/aromatic N) is 5. The van der Waals surface area contributed by atoms with Gasteiger partial charge in [0, 0.05) is 49.8 Å². The van der Waals surface area contributed by atoms with Crippen LogP contribution in [0, 0.1) is 31.1 Å². The van der Waals surface area contributed by atoms with Crippen molar-refractivity contribution in [1.29, 1.82) is 0 Å². The van der Waals surface area contributed by atoms with Crippen LogP contribution in [0.3, 0.4) is 0 Å². The number of sulfonamides is 1. The molecule has 3 heterocycles. The molecule has 0 spiro atoms. The predicted octanol–water partition coefficient (Wildman–Crippen LogP) is 1.01. The zero-order valence-corrected chi connectivity index (χ0v) is 19.2. The number of amides is 1. The third-order valence-electron chi connectivity index (χ3n) is 5.77. The summed E-state index contributed by atoms with van der Waals surface area (Å²) < 4.78 is 27.3. The summed E-state index contributed by atoms with van der Waals surface area (Å²) in [5.41, 5.74) is 0.939. The average Bonchev–Trinajstić information content (AvgIpc) is 3.05. The highest BCUT2D eigenvalue weighted by atomic mass is 32.2. The molecular formula is C20H33N5O3S. The van der Waals surface area contributed by atoms with Gasteiger partial charge in [-0.25, -0.2) is 22.7 Å². The van der Waals surface area contributed by atoms with Crippen LogP contribution in [0.1, 0.15) is 35.9 Å². The summed E-state index contributed by atoms with van der Waals surface area (Å²) in [6.45, 7) is 10.3. The minimum absolute atomic E-state index is 0.0903. The second-order valence-corrected chi connectivity index (χ2v) is 11.4. The smallest absolute Gasteiger partial charge is 0.272 e. The Kier molecular flexibility index (Phi) is 6.04. The fourth-order valence-electron chi connectivity index (χ4n) is 4.87. The fourth-order valence-corrected chi connectivity index (χ4v) is 6.78. The van der Waals surface area contributed by atoms with Crippen molar-refractivity contribution in [2.45, 2.75) is 27.7 Å². The summed E-state index contributed by atoms with van der Waals surface area (Å²) in [5.74, 6) is 0.872. The van der Waals surface area contributed by atoms with Crippen molar-refractivity contribution in [3.05, 3.63) is 23.3 Å². The van der Waals surface area contributed by atoms with Crippen molar-refractivity contribution in [2.24, 2.45) is 17.3 Å². The van der Waals surface area contributed by atoms with E-state index in [2.05, 4.69) is 14.9 Å². The van der Waals surface area contributed by atoms with E-state index in [0.29, 0.717) is 37.7 Å². The van der Waals surface area contributed by atoms with Gasteiger partial charge in [0.25, 0.3) is 5.91 Å². The summed E-state index contributed by atoms with van der Waals surface area (Å²) in [5, 5.41) is 0. The molecule has 0 N–H and O–H groups in total. The molecule has 1 aromatic heterocycles. The van der Waals surface area contributed by atoms with Gasteiger partial charge in [-0.2, -0.15) is 0 Å². The lowest BCUT2D eigenvalue weighted by molar-refractivity contribution is 0.0752. The topological polar surface area (TPSA) is 86.7 Å². The van der Waals surface area contributed by atoms with Gasteiger partial charge in [0.1, 0.15) is 11.5 Å².